The van der Waals surface area contributed by atoms with Crippen LogP contribution < -0.4 is 9.64 Å². The SMILES string of the molecule is c1ccc2c(c1)CN(c1ccc3c(c1)CC3)CO2. The van der Waals surface area contributed by atoms with Crippen molar-refractivity contribution < 1.29 is 4.74 Å². The van der Waals surface area contributed by atoms with Crippen LogP contribution in [0.3, 0.4) is 0 Å². The fourth-order valence-corrected chi connectivity index (χ4v) is 2.72. The van der Waals surface area contributed by atoms with E-state index in [2.05, 4.69) is 35.2 Å². The zero-order valence-corrected chi connectivity index (χ0v) is 10.2. The number of hydrogen-bond donors (Lipinski definition) is 0. The molecular formula is C16H15NO. The molecular weight excluding hydrogens is 222 g/mol. The normalized spacial score (nSPS) is 16.3. The molecule has 1 aliphatic carbocycles. The van der Waals surface area contributed by atoms with E-state index in [-0.39, 0.29) is 0 Å². The van der Waals surface area contributed by atoms with Crippen LogP contribution in [0.2, 0.25) is 0 Å². The first kappa shape index (κ1) is 10.0. The number of benzene rings is 2. The summed E-state index contributed by atoms with van der Waals surface area (Å²) in [4.78, 5) is 2.29. The monoisotopic (exact) mass is 237 g/mol. The van der Waals surface area contributed by atoms with Crippen LogP contribution in [-0.4, -0.2) is 6.73 Å². The Bertz CT molecular complexity index is 606. The minimum absolute atomic E-state index is 0.649. The van der Waals surface area contributed by atoms with E-state index in [9.17, 15) is 0 Å². The molecule has 0 spiro atoms. The third kappa shape index (κ3) is 1.49. The Morgan fingerprint density at radius 2 is 1.78 bits per heavy atom. The second-order valence-electron chi connectivity index (χ2n) is 5.03. The Morgan fingerprint density at radius 1 is 0.889 bits per heavy atom. The van der Waals surface area contributed by atoms with E-state index >= 15 is 0 Å². The van der Waals surface area contributed by atoms with Gasteiger partial charge in [-0.05, 0) is 42.2 Å². The minimum atomic E-state index is 0.649. The van der Waals surface area contributed by atoms with Gasteiger partial charge < -0.3 is 9.64 Å². The van der Waals surface area contributed by atoms with Gasteiger partial charge in [-0.15, -0.1) is 0 Å². The topological polar surface area (TPSA) is 12.5 Å². The fourth-order valence-electron chi connectivity index (χ4n) is 2.72. The zero-order valence-electron chi connectivity index (χ0n) is 10.2. The quantitative estimate of drug-likeness (QED) is 0.755. The second-order valence-corrected chi connectivity index (χ2v) is 5.03. The molecule has 0 aromatic heterocycles. The second kappa shape index (κ2) is 3.77. The number of fused-ring (bicyclic) bond motifs is 2. The Labute approximate surface area is 107 Å². The van der Waals surface area contributed by atoms with Gasteiger partial charge in [-0.1, -0.05) is 24.3 Å². The van der Waals surface area contributed by atoms with Crippen LogP contribution in [0.15, 0.2) is 42.5 Å². The smallest absolute Gasteiger partial charge is 0.161 e. The lowest BCUT2D eigenvalue weighted by atomic mass is 9.88. The van der Waals surface area contributed by atoms with Gasteiger partial charge in [0.15, 0.2) is 6.73 Å². The highest BCUT2D eigenvalue weighted by Gasteiger charge is 2.19. The lowest BCUT2D eigenvalue weighted by Gasteiger charge is -2.32. The van der Waals surface area contributed by atoms with Gasteiger partial charge in [-0.25, -0.2) is 0 Å². The van der Waals surface area contributed by atoms with E-state index in [4.69, 9.17) is 4.74 Å². The summed E-state index contributed by atoms with van der Waals surface area (Å²) < 4.78 is 5.80. The molecule has 2 nitrogen and oxygen atoms in total. The summed E-state index contributed by atoms with van der Waals surface area (Å²) in [5, 5.41) is 0. The van der Waals surface area contributed by atoms with Crippen molar-refractivity contribution in [2.75, 3.05) is 11.6 Å². The number of nitrogens with zero attached hydrogens (tertiary/aromatic N) is 1. The maximum absolute atomic E-state index is 5.80. The number of anilines is 1. The molecule has 0 unspecified atom stereocenters. The number of para-hydroxylation sites is 1. The van der Waals surface area contributed by atoms with Crippen molar-refractivity contribution in [3.63, 3.8) is 0 Å². The Kier molecular flexibility index (Phi) is 2.10. The first-order valence-electron chi connectivity index (χ1n) is 6.47. The molecule has 1 heterocycles. The highest BCUT2D eigenvalue weighted by atomic mass is 16.5. The molecule has 18 heavy (non-hydrogen) atoms. The van der Waals surface area contributed by atoms with Crippen LogP contribution in [0, 0.1) is 0 Å². The Hall–Kier alpha value is -1.96. The summed E-state index contributed by atoms with van der Waals surface area (Å²) in [6.45, 7) is 1.59. The summed E-state index contributed by atoms with van der Waals surface area (Å²) in [7, 11) is 0. The third-order valence-corrected chi connectivity index (χ3v) is 3.93. The van der Waals surface area contributed by atoms with E-state index in [0.29, 0.717) is 6.73 Å². The van der Waals surface area contributed by atoms with Gasteiger partial charge in [-0.3, -0.25) is 0 Å². The van der Waals surface area contributed by atoms with Crippen molar-refractivity contribution in [2.24, 2.45) is 0 Å². The lowest BCUT2D eigenvalue weighted by Crippen LogP contribution is -2.32. The number of ether oxygens (including phenoxy) is 1. The molecule has 4 rings (SSSR count). The van der Waals surface area contributed by atoms with Crippen molar-refractivity contribution in [1.29, 1.82) is 0 Å². The molecule has 0 N–H and O–H groups in total. The number of rotatable bonds is 1. The molecule has 0 bridgehead atoms. The van der Waals surface area contributed by atoms with Gasteiger partial charge in [0.2, 0.25) is 0 Å². The summed E-state index contributed by atoms with van der Waals surface area (Å²) in [6.07, 6.45) is 2.48. The largest absolute Gasteiger partial charge is 0.473 e. The van der Waals surface area contributed by atoms with Crippen LogP contribution >= 0.6 is 0 Å². The molecule has 90 valence electrons. The first-order chi connectivity index (χ1) is 8.90. The highest BCUT2D eigenvalue weighted by Crippen LogP contribution is 2.31. The molecule has 2 aromatic rings. The maximum atomic E-state index is 5.80. The molecule has 0 saturated carbocycles. The lowest BCUT2D eigenvalue weighted by molar-refractivity contribution is 0.289. The molecule has 0 amide bonds. The minimum Gasteiger partial charge on any atom is -0.473 e. The van der Waals surface area contributed by atoms with Crippen LogP contribution in [0.25, 0.3) is 0 Å². The van der Waals surface area contributed by atoms with Crippen LogP contribution in [-0.2, 0) is 19.4 Å². The van der Waals surface area contributed by atoms with E-state index in [1.807, 2.05) is 12.1 Å². The summed E-state index contributed by atoms with van der Waals surface area (Å²) in [5.74, 6) is 1.03. The van der Waals surface area contributed by atoms with Gasteiger partial charge in [0.1, 0.15) is 5.75 Å². The van der Waals surface area contributed by atoms with Crippen molar-refractivity contribution in [2.45, 2.75) is 19.4 Å². The van der Waals surface area contributed by atoms with Gasteiger partial charge in [0.25, 0.3) is 0 Å². The molecule has 2 aliphatic rings. The fraction of sp³-hybridized carbons (Fsp3) is 0.250. The van der Waals surface area contributed by atoms with Crippen LogP contribution in [0.4, 0.5) is 5.69 Å². The van der Waals surface area contributed by atoms with Crippen LogP contribution in [0.5, 0.6) is 5.75 Å². The van der Waals surface area contributed by atoms with Gasteiger partial charge in [0, 0.05) is 17.8 Å². The first-order valence-corrected chi connectivity index (χ1v) is 6.47. The predicted octanol–water partition coefficient (Wildman–Crippen LogP) is 3.14. The van der Waals surface area contributed by atoms with Crippen molar-refractivity contribution >= 4 is 5.69 Å². The molecule has 1 aliphatic heterocycles. The van der Waals surface area contributed by atoms with E-state index < -0.39 is 0 Å². The molecule has 0 fully saturated rings. The summed E-state index contributed by atoms with van der Waals surface area (Å²) in [5.41, 5.74) is 5.57. The molecule has 2 heteroatoms. The van der Waals surface area contributed by atoms with Crippen LogP contribution in [0.1, 0.15) is 16.7 Å². The van der Waals surface area contributed by atoms with E-state index in [0.717, 1.165) is 12.3 Å². The Balaban J connectivity index is 1.65. The average molecular weight is 237 g/mol. The maximum Gasteiger partial charge on any atom is 0.161 e. The van der Waals surface area contributed by atoms with Crippen molar-refractivity contribution in [3.8, 4) is 5.75 Å². The average Bonchev–Trinajstić information content (AvgIpc) is 2.40. The molecule has 0 radical (unpaired) electrons. The van der Waals surface area contributed by atoms with Crippen molar-refractivity contribution in [1.82, 2.24) is 0 Å². The zero-order chi connectivity index (χ0) is 11.9. The predicted molar refractivity (Wildman–Crippen MR) is 72.0 cm³/mol. The molecule has 0 atom stereocenters. The van der Waals surface area contributed by atoms with E-state index in [1.165, 1.54) is 35.2 Å². The third-order valence-electron chi connectivity index (χ3n) is 3.93. The molecule has 2 aromatic carbocycles. The standard InChI is InChI=1S/C16H15NO/c1-2-4-16-14(3-1)10-17(11-18-16)15-8-7-12-5-6-13(12)9-15/h1-4,7-9H,5-6,10-11H2. The number of hydrogen-bond acceptors (Lipinski definition) is 2. The number of aryl methyl sites for hydroxylation is 2. The van der Waals surface area contributed by atoms with Gasteiger partial charge in [-0.2, -0.15) is 0 Å². The van der Waals surface area contributed by atoms with Crippen molar-refractivity contribution in [3.05, 3.63) is 59.2 Å². The Morgan fingerprint density at radius 3 is 2.61 bits per heavy atom. The highest BCUT2D eigenvalue weighted by molar-refractivity contribution is 5.55. The van der Waals surface area contributed by atoms with E-state index in [1.54, 1.807) is 0 Å². The van der Waals surface area contributed by atoms with Gasteiger partial charge in [0.05, 0.1) is 0 Å². The molecule has 0 saturated heterocycles. The van der Waals surface area contributed by atoms with Gasteiger partial charge >= 0.3 is 0 Å². The summed E-state index contributed by atoms with van der Waals surface area (Å²) in [6, 6.07) is 15.1. The summed E-state index contributed by atoms with van der Waals surface area (Å²) >= 11 is 0.